The summed E-state index contributed by atoms with van der Waals surface area (Å²) in [7, 11) is 0. The number of amides is 1. The van der Waals surface area contributed by atoms with Gasteiger partial charge in [0.25, 0.3) is 0 Å². The van der Waals surface area contributed by atoms with Gasteiger partial charge in [0.05, 0.1) is 6.04 Å². The van der Waals surface area contributed by atoms with Gasteiger partial charge in [0.2, 0.25) is 5.91 Å². The van der Waals surface area contributed by atoms with Crippen molar-refractivity contribution in [3.63, 3.8) is 0 Å². The van der Waals surface area contributed by atoms with E-state index >= 15 is 0 Å². The van der Waals surface area contributed by atoms with Crippen LogP contribution in [-0.4, -0.2) is 43.0 Å². The second-order valence-corrected chi connectivity index (χ2v) is 7.58. The Balaban J connectivity index is 0.00000208. The number of carbonyl (C=O) groups excluding carboxylic acids is 1. The van der Waals surface area contributed by atoms with Crippen molar-refractivity contribution >= 4 is 34.2 Å². The number of hydrogen-bond donors (Lipinski definition) is 2. The summed E-state index contributed by atoms with van der Waals surface area (Å²) in [6.45, 7) is 4.98. The molecule has 2 N–H and O–H groups in total. The third-order valence-electron chi connectivity index (χ3n) is 4.90. The zero-order chi connectivity index (χ0) is 16.1. The van der Waals surface area contributed by atoms with Crippen LogP contribution in [0.25, 0.3) is 0 Å². The first kappa shape index (κ1) is 19.7. The number of benzene rings is 1. The minimum Gasteiger partial charge on any atom is -0.354 e. The molecular formula is C18H27BrClN3O. The molecule has 6 heteroatoms. The maximum Gasteiger partial charge on any atom is 0.237 e. The minimum atomic E-state index is 0. The highest BCUT2D eigenvalue weighted by Crippen LogP contribution is 2.22. The molecule has 24 heavy (non-hydrogen) atoms. The Bertz CT molecular complexity index is 537. The average Bonchev–Trinajstić information content (AvgIpc) is 3.10. The van der Waals surface area contributed by atoms with Gasteiger partial charge in [-0.2, -0.15) is 0 Å². The molecule has 0 saturated carbocycles. The van der Waals surface area contributed by atoms with Gasteiger partial charge >= 0.3 is 0 Å². The van der Waals surface area contributed by atoms with Gasteiger partial charge in [0.1, 0.15) is 0 Å². The van der Waals surface area contributed by atoms with E-state index in [4.69, 9.17) is 0 Å². The molecule has 0 aromatic heterocycles. The molecule has 0 radical (unpaired) electrons. The summed E-state index contributed by atoms with van der Waals surface area (Å²) in [6.07, 6.45) is 4.52. The highest BCUT2D eigenvalue weighted by atomic mass is 79.9. The van der Waals surface area contributed by atoms with E-state index in [0.717, 1.165) is 45.6 Å². The standard InChI is InChI=1S/C18H26BrN3O.ClH/c19-16-7-2-1-6-15(16)13-22-10-4-5-14(12-22)11-21-18(23)17-8-3-9-20-17;/h1-2,6-7,14,17,20H,3-5,8-13H2,(H,21,23);1H. The lowest BCUT2D eigenvalue weighted by Crippen LogP contribution is -2.45. The fourth-order valence-electron chi connectivity index (χ4n) is 3.61. The lowest BCUT2D eigenvalue weighted by molar-refractivity contribution is -0.123. The molecule has 134 valence electrons. The summed E-state index contributed by atoms with van der Waals surface area (Å²) in [5.41, 5.74) is 1.34. The number of rotatable bonds is 5. The molecule has 4 nitrogen and oxygen atoms in total. The topological polar surface area (TPSA) is 44.4 Å². The van der Waals surface area contributed by atoms with Gasteiger partial charge in [0, 0.05) is 24.1 Å². The first-order valence-electron chi connectivity index (χ1n) is 8.69. The van der Waals surface area contributed by atoms with Gasteiger partial charge in [-0.1, -0.05) is 34.1 Å². The molecule has 0 aliphatic carbocycles. The van der Waals surface area contributed by atoms with Gasteiger partial charge in [-0.25, -0.2) is 0 Å². The molecule has 2 fully saturated rings. The van der Waals surface area contributed by atoms with Gasteiger partial charge in [-0.05, 0) is 56.3 Å². The number of hydrogen-bond acceptors (Lipinski definition) is 3. The fraction of sp³-hybridized carbons (Fsp3) is 0.611. The Morgan fingerprint density at radius 3 is 2.88 bits per heavy atom. The predicted molar refractivity (Wildman–Crippen MR) is 103 cm³/mol. The first-order chi connectivity index (χ1) is 11.2. The summed E-state index contributed by atoms with van der Waals surface area (Å²) < 4.78 is 1.18. The van der Waals surface area contributed by atoms with E-state index in [1.807, 2.05) is 0 Å². The molecule has 2 aliphatic heterocycles. The van der Waals surface area contributed by atoms with Crippen LogP contribution in [0.4, 0.5) is 0 Å². The van der Waals surface area contributed by atoms with Gasteiger partial charge in [-0.15, -0.1) is 12.4 Å². The Kier molecular flexibility index (Phi) is 8.01. The van der Waals surface area contributed by atoms with E-state index in [2.05, 4.69) is 55.7 Å². The Labute approximate surface area is 159 Å². The van der Waals surface area contributed by atoms with Gasteiger partial charge in [-0.3, -0.25) is 9.69 Å². The van der Waals surface area contributed by atoms with Crippen LogP contribution in [0.2, 0.25) is 0 Å². The van der Waals surface area contributed by atoms with Crippen molar-refractivity contribution in [1.29, 1.82) is 0 Å². The monoisotopic (exact) mass is 415 g/mol. The molecule has 0 spiro atoms. The fourth-order valence-corrected chi connectivity index (χ4v) is 4.02. The van der Waals surface area contributed by atoms with Crippen LogP contribution in [0.1, 0.15) is 31.2 Å². The van der Waals surface area contributed by atoms with E-state index < -0.39 is 0 Å². The van der Waals surface area contributed by atoms with E-state index in [0.29, 0.717) is 5.92 Å². The van der Waals surface area contributed by atoms with Crippen molar-refractivity contribution in [3.05, 3.63) is 34.3 Å². The normalized spacial score (nSPS) is 24.4. The Morgan fingerprint density at radius 2 is 2.12 bits per heavy atom. The average molecular weight is 417 g/mol. The van der Waals surface area contributed by atoms with Gasteiger partial charge in [0.15, 0.2) is 0 Å². The minimum absolute atomic E-state index is 0. The SMILES string of the molecule is Cl.O=C(NCC1CCCN(Cc2ccccc2Br)C1)C1CCCN1. The predicted octanol–water partition coefficient (Wildman–Crippen LogP) is 2.95. The van der Waals surface area contributed by atoms with Crippen molar-refractivity contribution in [1.82, 2.24) is 15.5 Å². The Morgan fingerprint density at radius 1 is 1.29 bits per heavy atom. The van der Waals surface area contributed by atoms with Crippen LogP contribution < -0.4 is 10.6 Å². The second kappa shape index (κ2) is 9.76. The molecule has 2 atom stereocenters. The summed E-state index contributed by atoms with van der Waals surface area (Å²) >= 11 is 3.64. The van der Waals surface area contributed by atoms with Gasteiger partial charge < -0.3 is 10.6 Å². The molecule has 2 heterocycles. The Hall–Kier alpha value is -0.620. The highest BCUT2D eigenvalue weighted by Gasteiger charge is 2.24. The molecule has 2 saturated heterocycles. The molecule has 1 amide bonds. The van der Waals surface area contributed by atoms with Crippen molar-refractivity contribution < 1.29 is 4.79 Å². The summed E-state index contributed by atoms with van der Waals surface area (Å²) in [6, 6.07) is 8.47. The number of halogens is 2. The lowest BCUT2D eigenvalue weighted by atomic mass is 9.97. The number of likely N-dealkylation sites (tertiary alicyclic amines) is 1. The zero-order valence-electron chi connectivity index (χ0n) is 14.0. The number of carbonyl (C=O) groups is 1. The quantitative estimate of drug-likeness (QED) is 0.775. The number of nitrogens with zero attached hydrogens (tertiary/aromatic N) is 1. The largest absolute Gasteiger partial charge is 0.354 e. The van der Waals surface area contributed by atoms with Crippen LogP contribution in [0, 0.1) is 5.92 Å². The van der Waals surface area contributed by atoms with Crippen LogP contribution in [-0.2, 0) is 11.3 Å². The second-order valence-electron chi connectivity index (χ2n) is 6.73. The third-order valence-corrected chi connectivity index (χ3v) is 5.67. The number of piperidine rings is 1. The maximum absolute atomic E-state index is 12.1. The number of nitrogens with one attached hydrogen (secondary N) is 2. The van der Waals surface area contributed by atoms with Crippen molar-refractivity contribution in [2.24, 2.45) is 5.92 Å². The first-order valence-corrected chi connectivity index (χ1v) is 9.48. The summed E-state index contributed by atoms with van der Waals surface area (Å²) in [5.74, 6) is 0.752. The smallest absolute Gasteiger partial charge is 0.237 e. The molecule has 2 aliphatic rings. The van der Waals surface area contributed by atoms with E-state index in [9.17, 15) is 4.79 Å². The highest BCUT2D eigenvalue weighted by molar-refractivity contribution is 9.10. The lowest BCUT2D eigenvalue weighted by Gasteiger charge is -2.33. The van der Waals surface area contributed by atoms with Crippen molar-refractivity contribution in [2.45, 2.75) is 38.3 Å². The molecule has 1 aromatic rings. The van der Waals surface area contributed by atoms with E-state index in [1.165, 1.54) is 22.9 Å². The van der Waals surface area contributed by atoms with E-state index in [-0.39, 0.29) is 24.4 Å². The molecular weight excluding hydrogens is 390 g/mol. The van der Waals surface area contributed by atoms with Crippen LogP contribution in [0.3, 0.4) is 0 Å². The van der Waals surface area contributed by atoms with E-state index in [1.54, 1.807) is 0 Å². The third kappa shape index (κ3) is 5.45. The summed E-state index contributed by atoms with van der Waals surface area (Å²) in [4.78, 5) is 14.6. The summed E-state index contributed by atoms with van der Waals surface area (Å²) in [5, 5.41) is 6.42. The molecule has 1 aromatic carbocycles. The van der Waals surface area contributed by atoms with Crippen LogP contribution in [0.5, 0.6) is 0 Å². The molecule has 0 bridgehead atoms. The van der Waals surface area contributed by atoms with Crippen LogP contribution >= 0.6 is 28.3 Å². The van der Waals surface area contributed by atoms with Crippen molar-refractivity contribution in [2.75, 3.05) is 26.2 Å². The molecule has 3 rings (SSSR count). The molecule has 2 unspecified atom stereocenters. The van der Waals surface area contributed by atoms with Crippen molar-refractivity contribution in [3.8, 4) is 0 Å². The van der Waals surface area contributed by atoms with Crippen LogP contribution in [0.15, 0.2) is 28.7 Å². The zero-order valence-corrected chi connectivity index (χ0v) is 16.4. The maximum atomic E-state index is 12.1.